The number of ether oxygens (including phenoxy) is 1. The third-order valence-electron chi connectivity index (χ3n) is 4.43. The Labute approximate surface area is 110 Å². The van der Waals surface area contributed by atoms with Crippen molar-refractivity contribution in [2.24, 2.45) is 0 Å². The Hall–Kier alpha value is -1.02. The molecular weight excluding hydrogens is 224 g/mol. The smallest absolute Gasteiger partial charge is 0.122 e. The van der Waals surface area contributed by atoms with Gasteiger partial charge in [0, 0.05) is 0 Å². The van der Waals surface area contributed by atoms with Crippen molar-refractivity contribution in [3.8, 4) is 5.75 Å². The lowest BCUT2D eigenvalue weighted by Crippen LogP contribution is -2.18. The minimum atomic E-state index is -0.0822. The molecule has 1 aliphatic rings. The molecule has 100 valence electrons. The van der Waals surface area contributed by atoms with Gasteiger partial charge in [-0.3, -0.25) is 0 Å². The average molecular weight is 248 g/mol. The molecule has 1 aromatic carbocycles. The molecule has 0 bridgehead atoms. The van der Waals surface area contributed by atoms with E-state index < -0.39 is 0 Å². The summed E-state index contributed by atoms with van der Waals surface area (Å²) in [5, 5.41) is 9.63. The van der Waals surface area contributed by atoms with Crippen LogP contribution in [0.1, 0.15) is 53.9 Å². The molecule has 0 unspecified atom stereocenters. The molecule has 18 heavy (non-hydrogen) atoms. The summed E-state index contributed by atoms with van der Waals surface area (Å²) in [6.07, 6.45) is 4.01. The van der Waals surface area contributed by atoms with Gasteiger partial charge in [0.05, 0.1) is 13.2 Å². The second-order valence-electron chi connectivity index (χ2n) is 5.56. The maximum absolute atomic E-state index is 9.63. The Kier molecular flexibility index (Phi) is 3.96. The third kappa shape index (κ3) is 2.39. The summed E-state index contributed by atoms with van der Waals surface area (Å²) in [5.41, 5.74) is 5.44. The maximum atomic E-state index is 9.63. The summed E-state index contributed by atoms with van der Waals surface area (Å²) >= 11 is 0. The van der Waals surface area contributed by atoms with Crippen LogP contribution in [-0.4, -0.2) is 18.3 Å². The van der Waals surface area contributed by atoms with Gasteiger partial charge >= 0.3 is 0 Å². The molecule has 0 aromatic heterocycles. The summed E-state index contributed by atoms with van der Waals surface area (Å²) in [6, 6.07) is 2.16. The predicted octanol–water partition coefficient (Wildman–Crippen LogP) is 3.64. The van der Waals surface area contributed by atoms with Gasteiger partial charge in [-0.1, -0.05) is 0 Å². The molecule has 2 heteroatoms. The van der Waals surface area contributed by atoms with Gasteiger partial charge in [0.15, 0.2) is 0 Å². The van der Waals surface area contributed by atoms with E-state index in [1.54, 1.807) is 7.11 Å². The van der Waals surface area contributed by atoms with Gasteiger partial charge in [0.1, 0.15) is 5.75 Å². The van der Waals surface area contributed by atoms with Gasteiger partial charge in [-0.05, 0) is 80.7 Å². The minimum absolute atomic E-state index is 0.0822. The third-order valence-corrected chi connectivity index (χ3v) is 4.43. The van der Waals surface area contributed by atoms with Crippen LogP contribution in [0.4, 0.5) is 0 Å². The zero-order chi connectivity index (χ0) is 13.3. The average Bonchev–Trinajstić information content (AvgIpc) is 2.36. The fraction of sp³-hybridized carbons (Fsp3) is 0.625. The van der Waals surface area contributed by atoms with E-state index in [9.17, 15) is 5.11 Å². The Morgan fingerprint density at radius 2 is 1.67 bits per heavy atom. The van der Waals surface area contributed by atoms with E-state index in [1.807, 2.05) is 0 Å². The van der Waals surface area contributed by atoms with Crippen LogP contribution in [0.2, 0.25) is 0 Å². The van der Waals surface area contributed by atoms with Crippen LogP contribution in [0, 0.1) is 20.8 Å². The first-order valence-electron chi connectivity index (χ1n) is 6.87. The summed E-state index contributed by atoms with van der Waals surface area (Å²) in [4.78, 5) is 0. The van der Waals surface area contributed by atoms with Gasteiger partial charge in [0.2, 0.25) is 0 Å². The number of hydrogen-bond acceptors (Lipinski definition) is 2. The molecule has 0 saturated heterocycles. The second-order valence-corrected chi connectivity index (χ2v) is 5.56. The molecule has 0 amide bonds. The van der Waals surface area contributed by atoms with Gasteiger partial charge in [0.25, 0.3) is 0 Å². The fourth-order valence-corrected chi connectivity index (χ4v) is 3.27. The van der Waals surface area contributed by atoms with E-state index >= 15 is 0 Å². The summed E-state index contributed by atoms with van der Waals surface area (Å²) in [6.45, 7) is 6.51. The lowest BCUT2D eigenvalue weighted by Gasteiger charge is -2.29. The predicted molar refractivity (Wildman–Crippen MR) is 74.4 cm³/mol. The number of aliphatic hydroxyl groups excluding tert-OH is 1. The lowest BCUT2D eigenvalue weighted by atomic mass is 9.78. The molecule has 2 rings (SSSR count). The highest BCUT2D eigenvalue weighted by Crippen LogP contribution is 2.39. The van der Waals surface area contributed by atoms with E-state index in [4.69, 9.17) is 4.74 Å². The highest BCUT2D eigenvalue weighted by molar-refractivity contribution is 5.49. The summed E-state index contributed by atoms with van der Waals surface area (Å²) < 4.78 is 5.43. The van der Waals surface area contributed by atoms with E-state index in [2.05, 4.69) is 26.8 Å². The van der Waals surface area contributed by atoms with Crippen LogP contribution >= 0.6 is 0 Å². The number of aryl methyl sites for hydroxylation is 1. The van der Waals surface area contributed by atoms with Crippen molar-refractivity contribution in [1.29, 1.82) is 0 Å². The van der Waals surface area contributed by atoms with E-state index in [-0.39, 0.29) is 6.10 Å². The van der Waals surface area contributed by atoms with Crippen molar-refractivity contribution in [3.05, 3.63) is 28.3 Å². The van der Waals surface area contributed by atoms with Crippen LogP contribution in [0.25, 0.3) is 0 Å². The van der Waals surface area contributed by atoms with Crippen molar-refractivity contribution in [2.45, 2.75) is 58.5 Å². The van der Waals surface area contributed by atoms with Gasteiger partial charge < -0.3 is 9.84 Å². The SMILES string of the molecule is COc1cc(C)c(C2CCC(O)CC2)c(C)c1C. The number of hydrogen-bond donors (Lipinski definition) is 1. The first-order chi connectivity index (χ1) is 8.54. The van der Waals surface area contributed by atoms with Crippen molar-refractivity contribution in [3.63, 3.8) is 0 Å². The van der Waals surface area contributed by atoms with Gasteiger partial charge in [-0.25, -0.2) is 0 Å². The quantitative estimate of drug-likeness (QED) is 0.866. The topological polar surface area (TPSA) is 29.5 Å². The van der Waals surface area contributed by atoms with Crippen LogP contribution in [0.3, 0.4) is 0 Å². The number of methoxy groups -OCH3 is 1. The Balaban J connectivity index is 2.36. The van der Waals surface area contributed by atoms with Crippen molar-refractivity contribution in [1.82, 2.24) is 0 Å². The largest absolute Gasteiger partial charge is 0.496 e. The second kappa shape index (κ2) is 5.31. The van der Waals surface area contributed by atoms with E-state index in [0.717, 1.165) is 31.4 Å². The molecule has 1 aliphatic carbocycles. The fourth-order valence-electron chi connectivity index (χ4n) is 3.27. The Bertz CT molecular complexity index is 429. The van der Waals surface area contributed by atoms with Crippen molar-refractivity contribution < 1.29 is 9.84 Å². The molecule has 1 saturated carbocycles. The van der Waals surface area contributed by atoms with Crippen LogP contribution < -0.4 is 4.74 Å². The monoisotopic (exact) mass is 248 g/mol. The van der Waals surface area contributed by atoms with Crippen LogP contribution in [0.5, 0.6) is 5.75 Å². The Morgan fingerprint density at radius 3 is 2.22 bits per heavy atom. The number of benzene rings is 1. The highest BCUT2D eigenvalue weighted by Gasteiger charge is 2.24. The molecule has 0 spiro atoms. The normalized spacial score (nSPS) is 24.1. The van der Waals surface area contributed by atoms with Crippen LogP contribution in [-0.2, 0) is 0 Å². The highest BCUT2D eigenvalue weighted by atomic mass is 16.5. The molecule has 2 nitrogen and oxygen atoms in total. The van der Waals surface area contributed by atoms with Crippen molar-refractivity contribution in [2.75, 3.05) is 7.11 Å². The summed E-state index contributed by atoms with van der Waals surface area (Å²) in [5.74, 6) is 1.60. The number of rotatable bonds is 2. The molecular formula is C16H24O2. The number of aliphatic hydroxyl groups is 1. The van der Waals surface area contributed by atoms with Gasteiger partial charge in [-0.2, -0.15) is 0 Å². The molecule has 0 atom stereocenters. The molecule has 0 aliphatic heterocycles. The van der Waals surface area contributed by atoms with E-state index in [1.165, 1.54) is 22.3 Å². The zero-order valence-corrected chi connectivity index (χ0v) is 11.9. The first kappa shape index (κ1) is 13.4. The molecule has 1 aromatic rings. The standard InChI is InChI=1S/C16H24O2/c1-10-9-15(18-4)11(2)12(3)16(10)13-5-7-14(17)8-6-13/h9,13-14,17H,5-8H2,1-4H3. The minimum Gasteiger partial charge on any atom is -0.496 e. The lowest BCUT2D eigenvalue weighted by molar-refractivity contribution is 0.122. The van der Waals surface area contributed by atoms with E-state index in [0.29, 0.717) is 5.92 Å². The zero-order valence-electron chi connectivity index (χ0n) is 11.9. The molecule has 0 radical (unpaired) electrons. The Morgan fingerprint density at radius 1 is 1.06 bits per heavy atom. The maximum Gasteiger partial charge on any atom is 0.122 e. The van der Waals surface area contributed by atoms with Crippen molar-refractivity contribution >= 4 is 0 Å². The summed E-state index contributed by atoms with van der Waals surface area (Å²) in [7, 11) is 1.73. The molecule has 1 N–H and O–H groups in total. The van der Waals surface area contributed by atoms with Crippen LogP contribution in [0.15, 0.2) is 6.07 Å². The molecule has 1 fully saturated rings. The molecule has 0 heterocycles. The first-order valence-corrected chi connectivity index (χ1v) is 6.87. The van der Waals surface area contributed by atoms with Gasteiger partial charge in [-0.15, -0.1) is 0 Å².